The number of nitrogens with one attached hydrogen (secondary N) is 1. The van der Waals surface area contributed by atoms with Crippen molar-refractivity contribution in [1.29, 1.82) is 0 Å². The highest BCUT2D eigenvalue weighted by Crippen LogP contribution is 2.20. The summed E-state index contributed by atoms with van der Waals surface area (Å²) in [7, 11) is -3.39. The average molecular weight is 274 g/mol. The average Bonchev–Trinajstić information content (AvgIpc) is 2.24. The van der Waals surface area contributed by atoms with Gasteiger partial charge in [-0.1, -0.05) is 6.92 Å². The Bertz CT molecular complexity index is 541. The Hall–Kier alpha value is -1.83. The first-order chi connectivity index (χ1) is 8.31. The van der Waals surface area contributed by atoms with Crippen LogP contribution < -0.4 is 9.46 Å². The second-order valence-corrected chi connectivity index (χ2v) is 5.30. The van der Waals surface area contributed by atoms with E-state index < -0.39 is 22.6 Å². The molecule has 100 valence electrons. The smallest absolute Gasteiger partial charge is 0.341 e. The van der Waals surface area contributed by atoms with Crippen molar-refractivity contribution in [3.8, 4) is 5.75 Å². The molecule has 2 N–H and O–H groups in total. The molecule has 0 atom stereocenters. The van der Waals surface area contributed by atoms with E-state index in [0.717, 1.165) is 6.26 Å². The van der Waals surface area contributed by atoms with Gasteiger partial charge in [0, 0.05) is 0 Å². The van der Waals surface area contributed by atoms with Gasteiger partial charge in [-0.25, -0.2) is 18.2 Å². The Morgan fingerprint density at radius 1 is 1.50 bits per heavy atom. The second-order valence-electron chi connectivity index (χ2n) is 3.55. The lowest BCUT2D eigenvalue weighted by Crippen LogP contribution is -2.13. The van der Waals surface area contributed by atoms with E-state index in [1.807, 2.05) is 0 Å². The number of nitrogens with zero attached hydrogens (tertiary/aromatic N) is 1. The van der Waals surface area contributed by atoms with Crippen LogP contribution in [0.25, 0.3) is 0 Å². The number of hydrogen-bond acceptors (Lipinski definition) is 5. The van der Waals surface area contributed by atoms with Crippen molar-refractivity contribution < 1.29 is 23.1 Å². The molecule has 18 heavy (non-hydrogen) atoms. The van der Waals surface area contributed by atoms with Gasteiger partial charge in [0.2, 0.25) is 10.0 Å². The molecule has 1 heterocycles. The molecule has 1 aromatic rings. The summed E-state index contributed by atoms with van der Waals surface area (Å²) in [6.45, 7) is 1.34. The molecule has 0 aliphatic heterocycles. The van der Waals surface area contributed by atoms with Gasteiger partial charge in [-0.15, -0.1) is 0 Å². The molecule has 0 fully saturated rings. The fraction of sp³-hybridized carbons (Fsp3) is 0.400. The van der Waals surface area contributed by atoms with Crippen LogP contribution in [0.1, 0.15) is 12.6 Å². The molecular formula is C10H14N2O5S. The number of aromatic nitrogens is 1. The molecule has 0 aromatic carbocycles. The van der Waals surface area contributed by atoms with Crippen LogP contribution in [-0.4, -0.2) is 37.3 Å². The standard InChI is InChI=1S/C10H14N2O5S/c1-3-7-8(17-6-10(13)14)4-5-9(11-7)12-18(2,15)16/h4-5H,3,6H2,1-2H3,(H,11,12)(H,13,14). The van der Waals surface area contributed by atoms with E-state index in [4.69, 9.17) is 9.84 Å². The van der Waals surface area contributed by atoms with Crippen LogP contribution in [-0.2, 0) is 21.2 Å². The summed E-state index contributed by atoms with van der Waals surface area (Å²) in [4.78, 5) is 14.4. The molecule has 0 saturated carbocycles. The molecule has 1 rings (SSSR count). The number of aryl methyl sites for hydroxylation is 1. The van der Waals surface area contributed by atoms with Crippen molar-refractivity contribution in [3.63, 3.8) is 0 Å². The second kappa shape index (κ2) is 5.67. The highest BCUT2D eigenvalue weighted by molar-refractivity contribution is 7.92. The summed E-state index contributed by atoms with van der Waals surface area (Å²) in [5.74, 6) is -0.577. The Balaban J connectivity index is 2.92. The summed E-state index contributed by atoms with van der Waals surface area (Å²) in [6, 6.07) is 2.90. The van der Waals surface area contributed by atoms with E-state index in [1.165, 1.54) is 12.1 Å². The van der Waals surface area contributed by atoms with E-state index in [0.29, 0.717) is 17.9 Å². The number of aliphatic carboxylic acids is 1. The van der Waals surface area contributed by atoms with Crippen LogP contribution in [0, 0.1) is 0 Å². The predicted molar refractivity (Wildman–Crippen MR) is 65.2 cm³/mol. The fourth-order valence-corrected chi connectivity index (χ4v) is 1.75. The van der Waals surface area contributed by atoms with Gasteiger partial charge in [-0.05, 0) is 18.6 Å². The van der Waals surface area contributed by atoms with Gasteiger partial charge in [0.15, 0.2) is 6.61 Å². The van der Waals surface area contributed by atoms with Crippen molar-refractivity contribution >= 4 is 21.8 Å². The number of anilines is 1. The maximum absolute atomic E-state index is 11.0. The molecule has 1 aromatic heterocycles. The van der Waals surface area contributed by atoms with E-state index in [1.54, 1.807) is 6.92 Å². The maximum atomic E-state index is 11.0. The van der Waals surface area contributed by atoms with Crippen molar-refractivity contribution in [3.05, 3.63) is 17.8 Å². The van der Waals surface area contributed by atoms with Gasteiger partial charge < -0.3 is 9.84 Å². The minimum absolute atomic E-state index is 0.178. The first-order valence-electron chi connectivity index (χ1n) is 5.14. The molecule has 0 spiro atoms. The van der Waals surface area contributed by atoms with Crippen LogP contribution in [0.4, 0.5) is 5.82 Å². The quantitative estimate of drug-likeness (QED) is 0.781. The lowest BCUT2D eigenvalue weighted by atomic mass is 10.2. The maximum Gasteiger partial charge on any atom is 0.341 e. The summed E-state index contributed by atoms with van der Waals surface area (Å²) >= 11 is 0. The number of rotatable bonds is 6. The number of sulfonamides is 1. The van der Waals surface area contributed by atoms with E-state index in [2.05, 4.69) is 9.71 Å². The normalized spacial score (nSPS) is 11.0. The molecule has 0 aliphatic rings. The molecular weight excluding hydrogens is 260 g/mol. The topological polar surface area (TPSA) is 106 Å². The number of carboxylic acids is 1. The Morgan fingerprint density at radius 2 is 2.17 bits per heavy atom. The zero-order chi connectivity index (χ0) is 13.8. The van der Waals surface area contributed by atoms with Crippen molar-refractivity contribution in [2.75, 3.05) is 17.6 Å². The number of hydrogen-bond donors (Lipinski definition) is 2. The number of carboxylic acid groups (broad SMARTS) is 1. The van der Waals surface area contributed by atoms with Crippen LogP contribution in [0.3, 0.4) is 0 Å². The van der Waals surface area contributed by atoms with Gasteiger partial charge in [0.1, 0.15) is 11.6 Å². The largest absolute Gasteiger partial charge is 0.480 e. The number of pyridine rings is 1. The number of carbonyl (C=O) groups is 1. The minimum atomic E-state index is -3.39. The summed E-state index contributed by atoms with van der Waals surface area (Å²) < 4.78 is 29.4. The predicted octanol–water partition coefficient (Wildman–Crippen LogP) is 0.479. The van der Waals surface area contributed by atoms with Crippen molar-refractivity contribution in [1.82, 2.24) is 4.98 Å². The summed E-state index contributed by atoms with van der Waals surface area (Å²) in [5, 5.41) is 8.51. The van der Waals surface area contributed by atoms with E-state index in [-0.39, 0.29) is 5.82 Å². The molecule has 8 heteroatoms. The van der Waals surface area contributed by atoms with Gasteiger partial charge in [-0.2, -0.15) is 0 Å². The third kappa shape index (κ3) is 4.58. The molecule has 0 radical (unpaired) electrons. The summed E-state index contributed by atoms with van der Waals surface area (Å²) in [5.41, 5.74) is 0.491. The zero-order valence-electron chi connectivity index (χ0n) is 10.0. The Morgan fingerprint density at radius 3 is 2.67 bits per heavy atom. The Labute approximate surface area is 105 Å². The van der Waals surface area contributed by atoms with Crippen molar-refractivity contribution in [2.24, 2.45) is 0 Å². The van der Waals surface area contributed by atoms with Gasteiger partial charge >= 0.3 is 5.97 Å². The third-order valence-electron chi connectivity index (χ3n) is 1.91. The monoisotopic (exact) mass is 274 g/mol. The molecule has 0 saturated heterocycles. The van der Waals surface area contributed by atoms with Crippen LogP contribution >= 0.6 is 0 Å². The molecule has 0 unspecified atom stereocenters. The van der Waals surface area contributed by atoms with Crippen LogP contribution in [0.5, 0.6) is 5.75 Å². The summed E-state index contributed by atoms with van der Waals surface area (Å²) in [6.07, 6.45) is 1.52. The molecule has 7 nitrogen and oxygen atoms in total. The zero-order valence-corrected chi connectivity index (χ0v) is 10.8. The minimum Gasteiger partial charge on any atom is -0.480 e. The highest BCUT2D eigenvalue weighted by atomic mass is 32.2. The first kappa shape index (κ1) is 14.2. The van der Waals surface area contributed by atoms with E-state index >= 15 is 0 Å². The first-order valence-corrected chi connectivity index (χ1v) is 7.03. The molecule has 0 aliphatic carbocycles. The lowest BCUT2D eigenvalue weighted by Gasteiger charge is -2.10. The molecule has 0 bridgehead atoms. The SMILES string of the molecule is CCc1nc(NS(C)(=O)=O)ccc1OCC(=O)O. The third-order valence-corrected chi connectivity index (χ3v) is 2.49. The fourth-order valence-electron chi connectivity index (χ4n) is 1.26. The lowest BCUT2D eigenvalue weighted by molar-refractivity contribution is -0.139. The van der Waals surface area contributed by atoms with Gasteiger partial charge in [0.25, 0.3) is 0 Å². The van der Waals surface area contributed by atoms with Crippen LogP contribution in [0.15, 0.2) is 12.1 Å². The Kier molecular flexibility index (Phi) is 4.49. The number of ether oxygens (including phenoxy) is 1. The molecule has 0 amide bonds. The highest BCUT2D eigenvalue weighted by Gasteiger charge is 2.09. The van der Waals surface area contributed by atoms with Gasteiger partial charge in [0.05, 0.1) is 11.9 Å². The van der Waals surface area contributed by atoms with Crippen LogP contribution in [0.2, 0.25) is 0 Å². The van der Waals surface area contributed by atoms with Crippen molar-refractivity contribution in [2.45, 2.75) is 13.3 Å². The van der Waals surface area contributed by atoms with E-state index in [9.17, 15) is 13.2 Å². The van der Waals surface area contributed by atoms with Gasteiger partial charge in [-0.3, -0.25) is 4.72 Å².